The lowest BCUT2D eigenvalue weighted by molar-refractivity contribution is 1.46. The normalized spacial score (nSPS) is 11.5. The van der Waals surface area contributed by atoms with Gasteiger partial charge in [0.25, 0.3) is 0 Å². The summed E-state index contributed by atoms with van der Waals surface area (Å²) >= 11 is 1.87. The van der Waals surface area contributed by atoms with Gasteiger partial charge < -0.3 is 0 Å². The van der Waals surface area contributed by atoms with E-state index in [2.05, 4.69) is 185 Å². The van der Waals surface area contributed by atoms with Crippen LogP contribution in [0.1, 0.15) is 27.1 Å². The van der Waals surface area contributed by atoms with Gasteiger partial charge in [-0.3, -0.25) is 0 Å². The summed E-state index contributed by atoms with van der Waals surface area (Å²) in [6.07, 6.45) is 4.52. The summed E-state index contributed by atoms with van der Waals surface area (Å²) in [6.45, 7) is 11.3. The Bertz CT molecular complexity index is 2470. The van der Waals surface area contributed by atoms with Gasteiger partial charge >= 0.3 is 0 Å². The third kappa shape index (κ3) is 5.81. The Morgan fingerprint density at radius 3 is 1.48 bits per heavy atom. The fourth-order valence-corrected chi connectivity index (χ4v) is 8.36. The van der Waals surface area contributed by atoms with Gasteiger partial charge in [-0.1, -0.05) is 182 Å². The molecule has 0 fully saturated rings. The van der Waals surface area contributed by atoms with Crippen molar-refractivity contribution in [3.05, 3.63) is 191 Å². The van der Waals surface area contributed by atoms with Crippen LogP contribution in [0, 0.1) is 20.8 Å². The van der Waals surface area contributed by atoms with Crippen molar-refractivity contribution in [3.63, 3.8) is 0 Å². The van der Waals surface area contributed by atoms with Crippen LogP contribution in [0.2, 0.25) is 0 Å². The number of aryl methyl sites for hydroxylation is 3. The molecule has 0 aliphatic carbocycles. The first-order valence-electron chi connectivity index (χ1n) is 17.2. The van der Waals surface area contributed by atoms with Crippen molar-refractivity contribution < 1.29 is 0 Å². The highest BCUT2D eigenvalue weighted by atomic mass is 32.1. The Kier molecular flexibility index (Phi) is 8.36. The molecule has 0 saturated carbocycles. The lowest BCUT2D eigenvalue weighted by Gasteiger charge is -2.18. The van der Waals surface area contributed by atoms with E-state index in [0.29, 0.717) is 0 Å². The highest BCUT2D eigenvalue weighted by Crippen LogP contribution is 2.45. The van der Waals surface area contributed by atoms with Gasteiger partial charge in [-0.25, -0.2) is 0 Å². The van der Waals surface area contributed by atoms with Crippen LogP contribution in [-0.4, -0.2) is 0 Å². The quantitative estimate of drug-likeness (QED) is 0.118. The molecule has 7 aromatic carbocycles. The van der Waals surface area contributed by atoms with Crippen LogP contribution in [-0.2, 0) is 0 Å². The summed E-state index contributed by atoms with van der Waals surface area (Å²) < 4.78 is 0. The molecule has 50 heavy (non-hydrogen) atoms. The summed E-state index contributed by atoms with van der Waals surface area (Å²) in [7, 11) is 0. The topological polar surface area (TPSA) is 0 Å². The van der Waals surface area contributed by atoms with E-state index in [0.717, 1.165) is 5.57 Å². The molecule has 8 aromatic rings. The zero-order valence-corrected chi connectivity index (χ0v) is 29.5. The molecule has 8 rings (SSSR count). The Hall–Kier alpha value is -5.76. The second-order valence-corrected chi connectivity index (χ2v) is 14.4. The standard InChI is InChI=1S/C49H38S/c1-32-18-23-39(24-19-32)48-41(35(4)50-49(48)40-25-20-33(2)21-26-40)31-22-34(3)46-42-14-8-10-16-44(42)47(45-17-11-9-15-43(45)46)38-29-27-37(28-30-38)36-12-6-5-7-13-36/h5-31H,3H2,1-2,4H3/b31-22-. The first-order valence-corrected chi connectivity index (χ1v) is 18.0. The summed E-state index contributed by atoms with van der Waals surface area (Å²) in [5.74, 6) is 0. The van der Waals surface area contributed by atoms with Crippen molar-refractivity contribution in [3.8, 4) is 43.8 Å². The molecule has 0 amide bonds. The van der Waals surface area contributed by atoms with Gasteiger partial charge in [0.15, 0.2) is 0 Å². The predicted octanol–water partition coefficient (Wildman–Crippen LogP) is 14.4. The van der Waals surface area contributed by atoms with E-state index in [1.54, 1.807) is 0 Å². The maximum absolute atomic E-state index is 4.72. The average molecular weight is 659 g/mol. The van der Waals surface area contributed by atoms with Crippen LogP contribution < -0.4 is 0 Å². The Morgan fingerprint density at radius 1 is 0.460 bits per heavy atom. The van der Waals surface area contributed by atoms with Crippen LogP contribution in [0.15, 0.2) is 164 Å². The van der Waals surface area contributed by atoms with E-state index >= 15 is 0 Å². The highest BCUT2D eigenvalue weighted by molar-refractivity contribution is 7.16. The fraction of sp³-hybridized carbons (Fsp3) is 0.0612. The molecule has 0 unspecified atom stereocenters. The van der Waals surface area contributed by atoms with Gasteiger partial charge in [0.05, 0.1) is 0 Å². The molecule has 0 saturated heterocycles. The zero-order valence-electron chi connectivity index (χ0n) is 28.7. The highest BCUT2D eigenvalue weighted by Gasteiger charge is 2.19. The number of allylic oxidation sites excluding steroid dienone is 2. The average Bonchev–Trinajstić information content (AvgIpc) is 3.49. The third-order valence-corrected chi connectivity index (χ3v) is 10.9. The van der Waals surface area contributed by atoms with E-state index < -0.39 is 0 Å². The second-order valence-electron chi connectivity index (χ2n) is 13.2. The van der Waals surface area contributed by atoms with E-state index in [4.69, 9.17) is 6.58 Å². The summed E-state index contributed by atoms with van der Waals surface area (Å²) in [4.78, 5) is 2.60. The molecule has 0 nitrogen and oxygen atoms in total. The summed E-state index contributed by atoms with van der Waals surface area (Å²) in [6, 6.07) is 55.0. The van der Waals surface area contributed by atoms with E-state index in [9.17, 15) is 0 Å². The van der Waals surface area contributed by atoms with Gasteiger partial charge in [0.2, 0.25) is 0 Å². The maximum atomic E-state index is 4.72. The molecule has 1 aromatic heterocycles. The molecule has 0 bridgehead atoms. The lowest BCUT2D eigenvalue weighted by Crippen LogP contribution is -1.92. The monoisotopic (exact) mass is 658 g/mol. The minimum atomic E-state index is 1.00. The molecule has 1 heteroatoms. The van der Waals surface area contributed by atoms with Gasteiger partial charge in [0, 0.05) is 15.3 Å². The van der Waals surface area contributed by atoms with Crippen molar-refractivity contribution in [2.45, 2.75) is 20.8 Å². The van der Waals surface area contributed by atoms with Crippen LogP contribution in [0.4, 0.5) is 0 Å². The van der Waals surface area contributed by atoms with Gasteiger partial charge in [-0.2, -0.15) is 0 Å². The molecule has 240 valence electrons. The molecule has 0 spiro atoms. The molecule has 0 aliphatic heterocycles. The number of hydrogen-bond acceptors (Lipinski definition) is 1. The predicted molar refractivity (Wildman–Crippen MR) is 220 cm³/mol. The van der Waals surface area contributed by atoms with Crippen LogP contribution >= 0.6 is 11.3 Å². The van der Waals surface area contributed by atoms with Crippen molar-refractivity contribution in [2.75, 3.05) is 0 Å². The molecule has 0 atom stereocenters. The van der Waals surface area contributed by atoms with Crippen LogP contribution in [0.3, 0.4) is 0 Å². The van der Waals surface area contributed by atoms with Crippen molar-refractivity contribution in [1.29, 1.82) is 0 Å². The van der Waals surface area contributed by atoms with Gasteiger partial charge in [-0.15, -0.1) is 11.3 Å². The SMILES string of the molecule is C=C(/C=C\c1c(C)sc(-c2ccc(C)cc2)c1-c1ccc(C)cc1)c1c2ccccc2c(-c2ccc(-c3ccccc3)cc2)c2ccccc12. The molecule has 0 N–H and O–H groups in total. The molecule has 1 heterocycles. The number of benzene rings is 7. The van der Waals surface area contributed by atoms with Crippen LogP contribution in [0.5, 0.6) is 0 Å². The number of hydrogen-bond donors (Lipinski definition) is 0. The number of thiophene rings is 1. The molecule has 0 aliphatic rings. The first-order chi connectivity index (χ1) is 24.5. The maximum Gasteiger partial charge on any atom is 0.0430 e. The van der Waals surface area contributed by atoms with Crippen molar-refractivity contribution >= 4 is 44.5 Å². The smallest absolute Gasteiger partial charge is 0.0430 e. The van der Waals surface area contributed by atoms with Crippen LogP contribution in [0.25, 0.3) is 77.0 Å². The van der Waals surface area contributed by atoms with Crippen molar-refractivity contribution in [1.82, 2.24) is 0 Å². The Morgan fingerprint density at radius 2 is 0.900 bits per heavy atom. The number of rotatable bonds is 7. The zero-order chi connectivity index (χ0) is 34.2. The molecular formula is C49H38S. The minimum Gasteiger partial charge on any atom is -0.139 e. The summed E-state index contributed by atoms with van der Waals surface area (Å²) in [5, 5.41) is 4.89. The number of fused-ring (bicyclic) bond motifs is 2. The van der Waals surface area contributed by atoms with Gasteiger partial charge in [-0.05, 0) is 92.4 Å². The van der Waals surface area contributed by atoms with E-state index in [1.165, 1.54) is 92.5 Å². The molecule has 0 radical (unpaired) electrons. The summed E-state index contributed by atoms with van der Waals surface area (Å²) in [5.41, 5.74) is 14.6. The first kappa shape index (κ1) is 31.5. The minimum absolute atomic E-state index is 1.00. The lowest BCUT2D eigenvalue weighted by atomic mass is 9.85. The van der Waals surface area contributed by atoms with E-state index in [-0.39, 0.29) is 0 Å². The second kappa shape index (κ2) is 13.3. The van der Waals surface area contributed by atoms with E-state index in [1.807, 2.05) is 11.3 Å². The Balaban J connectivity index is 1.26. The fourth-order valence-electron chi connectivity index (χ4n) is 7.19. The van der Waals surface area contributed by atoms with Crippen molar-refractivity contribution in [2.24, 2.45) is 0 Å². The van der Waals surface area contributed by atoms with Gasteiger partial charge in [0.1, 0.15) is 0 Å². The Labute approximate surface area is 299 Å². The third-order valence-electron chi connectivity index (χ3n) is 9.77. The largest absolute Gasteiger partial charge is 0.139 e. The molecular weight excluding hydrogens is 621 g/mol.